The van der Waals surface area contributed by atoms with Gasteiger partial charge in [0.25, 0.3) is 0 Å². The molecule has 0 spiro atoms. The van der Waals surface area contributed by atoms with Gasteiger partial charge in [-0.2, -0.15) is 0 Å². The topological polar surface area (TPSA) is 29.1 Å². The molecule has 1 fully saturated rings. The van der Waals surface area contributed by atoms with Crippen molar-refractivity contribution in [2.24, 2.45) is 5.41 Å². The van der Waals surface area contributed by atoms with Gasteiger partial charge in [0.1, 0.15) is 0 Å². The predicted molar refractivity (Wildman–Crippen MR) is 54.6 cm³/mol. The maximum Gasteiger partial charge on any atom is 0.160 e. The van der Waals surface area contributed by atoms with Crippen LogP contribution >= 0.6 is 0 Å². The molecule has 74 valence electrons. The maximum absolute atomic E-state index is 11.4. The summed E-state index contributed by atoms with van der Waals surface area (Å²) in [5, 5.41) is 3.32. The summed E-state index contributed by atoms with van der Waals surface area (Å²) in [6.45, 7) is 6.64. The molecule has 0 radical (unpaired) electrons. The van der Waals surface area contributed by atoms with Gasteiger partial charge in [-0.1, -0.05) is 26.8 Å². The minimum atomic E-state index is -0.240. The number of ketones is 1. The smallest absolute Gasteiger partial charge is 0.160 e. The molecule has 2 nitrogen and oxygen atoms in total. The molecule has 0 aliphatic heterocycles. The fraction of sp³-hybridized carbons (Fsp3) is 0.727. The van der Waals surface area contributed by atoms with Gasteiger partial charge in [0.15, 0.2) is 5.78 Å². The quantitative estimate of drug-likeness (QED) is 0.671. The summed E-state index contributed by atoms with van der Waals surface area (Å²) in [6, 6.07) is 0.717. The van der Waals surface area contributed by atoms with Crippen LogP contribution in [0.4, 0.5) is 0 Å². The lowest BCUT2D eigenvalue weighted by Crippen LogP contribution is -2.19. The number of carbonyl (C=O) groups is 1. The van der Waals surface area contributed by atoms with Crippen molar-refractivity contribution in [3.8, 4) is 0 Å². The molecule has 0 aromatic rings. The first-order valence-electron chi connectivity index (χ1n) is 4.94. The first-order chi connectivity index (χ1) is 6.00. The van der Waals surface area contributed by atoms with Crippen LogP contribution < -0.4 is 5.32 Å². The normalized spacial score (nSPS) is 18.1. The van der Waals surface area contributed by atoms with E-state index in [4.69, 9.17) is 0 Å². The van der Waals surface area contributed by atoms with Crippen LogP contribution in [0, 0.1) is 5.41 Å². The Labute approximate surface area is 80.4 Å². The van der Waals surface area contributed by atoms with Crippen molar-refractivity contribution < 1.29 is 4.79 Å². The molecule has 1 rings (SSSR count). The summed E-state index contributed by atoms with van der Waals surface area (Å²) in [5.41, 5.74) is -0.240. The molecule has 1 N–H and O–H groups in total. The van der Waals surface area contributed by atoms with Gasteiger partial charge in [-0.3, -0.25) is 4.79 Å². The zero-order valence-electron chi connectivity index (χ0n) is 8.76. The lowest BCUT2D eigenvalue weighted by Gasteiger charge is -2.12. The third-order valence-corrected chi connectivity index (χ3v) is 2.11. The zero-order chi connectivity index (χ0) is 9.90. The van der Waals surface area contributed by atoms with Crippen molar-refractivity contribution in [1.82, 2.24) is 5.32 Å². The highest BCUT2D eigenvalue weighted by atomic mass is 16.1. The van der Waals surface area contributed by atoms with E-state index in [1.54, 1.807) is 6.08 Å². The van der Waals surface area contributed by atoms with Gasteiger partial charge in [0.2, 0.25) is 0 Å². The average Bonchev–Trinajstić information content (AvgIpc) is 2.79. The van der Waals surface area contributed by atoms with Crippen LogP contribution in [0.25, 0.3) is 0 Å². The highest BCUT2D eigenvalue weighted by Gasteiger charge is 2.20. The van der Waals surface area contributed by atoms with Gasteiger partial charge in [0.05, 0.1) is 0 Å². The van der Waals surface area contributed by atoms with Crippen LogP contribution in [0.1, 0.15) is 33.6 Å². The zero-order valence-corrected chi connectivity index (χ0v) is 8.76. The van der Waals surface area contributed by atoms with Gasteiger partial charge >= 0.3 is 0 Å². The number of rotatable bonds is 4. The van der Waals surface area contributed by atoms with E-state index in [-0.39, 0.29) is 11.2 Å². The minimum Gasteiger partial charge on any atom is -0.311 e. The Morgan fingerprint density at radius 1 is 1.46 bits per heavy atom. The Kier molecular flexibility index (Phi) is 3.26. The molecule has 0 atom stereocenters. The maximum atomic E-state index is 11.4. The summed E-state index contributed by atoms with van der Waals surface area (Å²) in [6.07, 6.45) is 6.20. The van der Waals surface area contributed by atoms with E-state index >= 15 is 0 Å². The Balaban J connectivity index is 2.18. The minimum absolute atomic E-state index is 0.199. The lowest BCUT2D eigenvalue weighted by atomic mass is 9.91. The second kappa shape index (κ2) is 4.05. The van der Waals surface area contributed by atoms with Crippen LogP contribution in [-0.4, -0.2) is 18.4 Å². The van der Waals surface area contributed by atoms with E-state index in [0.717, 1.165) is 12.6 Å². The molecule has 0 amide bonds. The van der Waals surface area contributed by atoms with Crippen molar-refractivity contribution >= 4 is 5.78 Å². The van der Waals surface area contributed by atoms with Crippen LogP contribution in [0.2, 0.25) is 0 Å². The standard InChI is InChI=1S/C11H19NO/c1-11(2,3)10(13)5-4-8-12-9-6-7-9/h4-5,9,12H,6-8H2,1-3H3/b5-4+. The van der Waals surface area contributed by atoms with E-state index in [0.29, 0.717) is 0 Å². The van der Waals surface area contributed by atoms with Gasteiger partial charge in [-0.25, -0.2) is 0 Å². The molecular formula is C11H19NO. The molecule has 0 bridgehead atoms. The second-order valence-corrected chi connectivity index (χ2v) is 4.70. The van der Waals surface area contributed by atoms with Crippen molar-refractivity contribution in [2.75, 3.05) is 6.54 Å². The SMILES string of the molecule is CC(C)(C)C(=O)/C=C/CNC1CC1. The monoisotopic (exact) mass is 181 g/mol. The first-order valence-corrected chi connectivity index (χ1v) is 4.94. The number of carbonyl (C=O) groups excluding carboxylic acids is 1. The number of nitrogens with one attached hydrogen (secondary N) is 1. The van der Waals surface area contributed by atoms with E-state index in [1.165, 1.54) is 12.8 Å². The Morgan fingerprint density at radius 2 is 2.08 bits per heavy atom. The summed E-state index contributed by atoms with van der Waals surface area (Å²) < 4.78 is 0. The Bertz CT molecular complexity index is 209. The summed E-state index contributed by atoms with van der Waals surface area (Å²) in [7, 11) is 0. The van der Waals surface area contributed by atoms with Crippen LogP contribution in [0.3, 0.4) is 0 Å². The first kappa shape index (κ1) is 10.5. The summed E-state index contributed by atoms with van der Waals surface area (Å²) in [5.74, 6) is 0.199. The van der Waals surface area contributed by atoms with Gasteiger partial charge in [-0.15, -0.1) is 0 Å². The third-order valence-electron chi connectivity index (χ3n) is 2.11. The van der Waals surface area contributed by atoms with Gasteiger partial charge < -0.3 is 5.32 Å². The van der Waals surface area contributed by atoms with Crippen LogP contribution in [0.15, 0.2) is 12.2 Å². The predicted octanol–water partition coefficient (Wildman–Crippen LogP) is 1.91. The molecule has 1 aliphatic rings. The van der Waals surface area contributed by atoms with Crippen molar-refractivity contribution in [1.29, 1.82) is 0 Å². The molecule has 2 heteroatoms. The van der Waals surface area contributed by atoms with E-state index < -0.39 is 0 Å². The van der Waals surface area contributed by atoms with Crippen LogP contribution in [-0.2, 0) is 4.79 Å². The number of hydrogen-bond donors (Lipinski definition) is 1. The number of allylic oxidation sites excluding steroid dienone is 1. The molecule has 1 aliphatic carbocycles. The highest BCUT2D eigenvalue weighted by Crippen LogP contribution is 2.18. The van der Waals surface area contributed by atoms with Gasteiger partial charge in [0, 0.05) is 18.0 Å². The van der Waals surface area contributed by atoms with Gasteiger partial charge in [-0.05, 0) is 18.9 Å². The number of hydrogen-bond acceptors (Lipinski definition) is 2. The molecule has 0 heterocycles. The average molecular weight is 181 g/mol. The van der Waals surface area contributed by atoms with E-state index in [9.17, 15) is 4.79 Å². The van der Waals surface area contributed by atoms with Crippen molar-refractivity contribution in [3.63, 3.8) is 0 Å². The molecule has 1 saturated carbocycles. The fourth-order valence-corrected chi connectivity index (χ4v) is 0.938. The molecule has 13 heavy (non-hydrogen) atoms. The van der Waals surface area contributed by atoms with Crippen molar-refractivity contribution in [2.45, 2.75) is 39.7 Å². The molecule has 0 saturated heterocycles. The lowest BCUT2D eigenvalue weighted by molar-refractivity contribution is -0.121. The Hall–Kier alpha value is -0.630. The largest absolute Gasteiger partial charge is 0.311 e. The molecule has 0 aromatic carbocycles. The Morgan fingerprint density at radius 3 is 2.54 bits per heavy atom. The van der Waals surface area contributed by atoms with E-state index in [2.05, 4.69) is 5.32 Å². The highest BCUT2D eigenvalue weighted by molar-refractivity contribution is 5.93. The second-order valence-electron chi connectivity index (χ2n) is 4.70. The van der Waals surface area contributed by atoms with Crippen LogP contribution in [0.5, 0.6) is 0 Å². The van der Waals surface area contributed by atoms with Crippen molar-refractivity contribution in [3.05, 3.63) is 12.2 Å². The fourth-order valence-electron chi connectivity index (χ4n) is 0.938. The molecule has 0 unspecified atom stereocenters. The summed E-state index contributed by atoms with van der Waals surface area (Å²) >= 11 is 0. The molecular weight excluding hydrogens is 162 g/mol. The summed E-state index contributed by atoms with van der Waals surface area (Å²) in [4.78, 5) is 11.4. The van der Waals surface area contributed by atoms with E-state index in [1.807, 2.05) is 26.8 Å². The third kappa shape index (κ3) is 4.23. The molecule has 0 aromatic heterocycles.